The second-order valence-corrected chi connectivity index (χ2v) is 6.28. The fraction of sp³-hybridized carbons (Fsp3) is 0. The Morgan fingerprint density at radius 3 is 2.40 bits per heavy atom. The van der Waals surface area contributed by atoms with E-state index in [1.54, 1.807) is 6.07 Å². The van der Waals surface area contributed by atoms with Gasteiger partial charge in [0.15, 0.2) is 0 Å². The number of sulfonamides is 1. The number of nitrogens with one attached hydrogen (secondary N) is 1. The minimum atomic E-state index is -4.02. The molecule has 0 aromatic heterocycles. The van der Waals surface area contributed by atoms with Gasteiger partial charge in [0.05, 0.1) is 15.7 Å². The van der Waals surface area contributed by atoms with Crippen LogP contribution in [0, 0.1) is 5.82 Å². The van der Waals surface area contributed by atoms with Crippen LogP contribution in [0.1, 0.15) is 0 Å². The monoisotopic (exact) mass is 335 g/mol. The van der Waals surface area contributed by atoms with Crippen molar-refractivity contribution >= 4 is 38.9 Å². The highest BCUT2D eigenvalue weighted by Crippen LogP contribution is 2.32. The Labute approximate surface area is 124 Å². The number of phenolic OH excluding ortho intramolecular Hbond substituents is 1. The van der Waals surface area contributed by atoms with Crippen molar-refractivity contribution in [2.24, 2.45) is 0 Å². The molecule has 106 valence electrons. The van der Waals surface area contributed by atoms with Crippen molar-refractivity contribution in [2.45, 2.75) is 4.90 Å². The molecule has 2 N–H and O–H groups in total. The van der Waals surface area contributed by atoms with Gasteiger partial charge in [0.1, 0.15) is 16.5 Å². The molecule has 20 heavy (non-hydrogen) atoms. The zero-order valence-electron chi connectivity index (χ0n) is 9.77. The number of hydrogen-bond acceptors (Lipinski definition) is 3. The van der Waals surface area contributed by atoms with Crippen LogP contribution in [0.5, 0.6) is 5.75 Å². The Morgan fingerprint density at radius 2 is 1.75 bits per heavy atom. The molecular formula is C12H8Cl2FNO3S. The number of anilines is 1. The van der Waals surface area contributed by atoms with Crippen LogP contribution >= 0.6 is 23.2 Å². The third kappa shape index (κ3) is 2.98. The van der Waals surface area contributed by atoms with Crippen LogP contribution < -0.4 is 4.72 Å². The normalized spacial score (nSPS) is 11.3. The third-order valence-electron chi connectivity index (χ3n) is 2.41. The molecule has 0 radical (unpaired) electrons. The van der Waals surface area contributed by atoms with Crippen LogP contribution in [-0.4, -0.2) is 13.5 Å². The maximum atomic E-state index is 13.1. The van der Waals surface area contributed by atoms with E-state index in [4.69, 9.17) is 23.2 Å². The standard InChI is InChI=1S/C12H8Cl2FNO3S/c13-7-3-1-2-4-12(7)20(18,19)16-10-5-8(14)9(15)6-11(10)17/h1-6,16-17H. The lowest BCUT2D eigenvalue weighted by Gasteiger charge is -2.11. The first-order valence-corrected chi connectivity index (χ1v) is 7.50. The average Bonchev–Trinajstić information content (AvgIpc) is 2.36. The maximum Gasteiger partial charge on any atom is 0.263 e. The van der Waals surface area contributed by atoms with E-state index in [0.717, 1.165) is 6.07 Å². The summed E-state index contributed by atoms with van der Waals surface area (Å²) in [7, 11) is -4.02. The highest BCUT2D eigenvalue weighted by molar-refractivity contribution is 7.92. The average molecular weight is 336 g/mol. The zero-order valence-corrected chi connectivity index (χ0v) is 12.1. The van der Waals surface area contributed by atoms with Gasteiger partial charge >= 0.3 is 0 Å². The van der Waals surface area contributed by atoms with Crippen LogP contribution in [0.15, 0.2) is 41.3 Å². The Hall–Kier alpha value is -1.50. The van der Waals surface area contributed by atoms with Gasteiger partial charge in [-0.05, 0) is 18.2 Å². The molecule has 0 unspecified atom stereocenters. The molecule has 0 saturated heterocycles. The Morgan fingerprint density at radius 1 is 1.10 bits per heavy atom. The molecule has 0 fully saturated rings. The van der Waals surface area contributed by atoms with Gasteiger partial charge in [-0.1, -0.05) is 35.3 Å². The first-order chi connectivity index (χ1) is 9.31. The summed E-state index contributed by atoms with van der Waals surface area (Å²) in [6.45, 7) is 0. The van der Waals surface area contributed by atoms with E-state index in [1.165, 1.54) is 18.2 Å². The predicted molar refractivity (Wildman–Crippen MR) is 75.3 cm³/mol. The van der Waals surface area contributed by atoms with Crippen LogP contribution in [0.25, 0.3) is 0 Å². The predicted octanol–water partition coefficient (Wildman–Crippen LogP) is 3.64. The fourth-order valence-electron chi connectivity index (χ4n) is 1.48. The molecule has 0 spiro atoms. The molecule has 0 heterocycles. The van der Waals surface area contributed by atoms with Crippen molar-refractivity contribution in [3.05, 3.63) is 52.3 Å². The van der Waals surface area contributed by atoms with Crippen molar-refractivity contribution < 1.29 is 17.9 Å². The summed E-state index contributed by atoms with van der Waals surface area (Å²) in [5, 5.41) is 9.24. The lowest BCUT2D eigenvalue weighted by atomic mass is 10.3. The van der Waals surface area contributed by atoms with E-state index in [2.05, 4.69) is 4.72 Å². The van der Waals surface area contributed by atoms with Crippen LogP contribution in [0.2, 0.25) is 10.0 Å². The molecule has 0 atom stereocenters. The van der Waals surface area contributed by atoms with E-state index in [0.29, 0.717) is 6.07 Å². The summed E-state index contributed by atoms with van der Waals surface area (Å²) in [6, 6.07) is 7.47. The SMILES string of the molecule is O=S(=O)(Nc1cc(Cl)c(F)cc1O)c1ccccc1Cl. The first kappa shape index (κ1) is 14.9. The molecular weight excluding hydrogens is 328 g/mol. The van der Waals surface area contributed by atoms with Crippen molar-refractivity contribution in [2.75, 3.05) is 4.72 Å². The van der Waals surface area contributed by atoms with Gasteiger partial charge in [0, 0.05) is 6.07 Å². The first-order valence-electron chi connectivity index (χ1n) is 5.26. The Kier molecular flexibility index (Phi) is 4.08. The van der Waals surface area contributed by atoms with Gasteiger partial charge in [-0.2, -0.15) is 0 Å². The highest BCUT2D eigenvalue weighted by Gasteiger charge is 2.20. The summed E-state index contributed by atoms with van der Waals surface area (Å²) in [5.74, 6) is -1.44. The van der Waals surface area contributed by atoms with Gasteiger partial charge in [0.25, 0.3) is 10.0 Å². The van der Waals surface area contributed by atoms with Gasteiger partial charge in [-0.3, -0.25) is 4.72 Å². The van der Waals surface area contributed by atoms with Crippen molar-refractivity contribution in [3.8, 4) is 5.75 Å². The fourth-order valence-corrected chi connectivity index (χ4v) is 3.23. The molecule has 2 aromatic rings. The smallest absolute Gasteiger partial charge is 0.263 e. The summed E-state index contributed by atoms with van der Waals surface area (Å²) < 4.78 is 39.4. The third-order valence-corrected chi connectivity index (χ3v) is 4.56. The van der Waals surface area contributed by atoms with Gasteiger partial charge in [-0.15, -0.1) is 0 Å². The molecule has 0 aliphatic heterocycles. The van der Waals surface area contributed by atoms with Gasteiger partial charge in [-0.25, -0.2) is 12.8 Å². The minimum Gasteiger partial charge on any atom is -0.506 e. The Bertz CT molecular complexity index is 765. The topological polar surface area (TPSA) is 66.4 Å². The summed E-state index contributed by atoms with van der Waals surface area (Å²) in [6.07, 6.45) is 0. The molecule has 2 rings (SSSR count). The molecule has 0 aliphatic carbocycles. The number of phenols is 1. The van der Waals surface area contributed by atoms with E-state index < -0.39 is 21.6 Å². The minimum absolute atomic E-state index is 0.0210. The number of benzene rings is 2. The second-order valence-electron chi connectivity index (χ2n) is 3.82. The highest BCUT2D eigenvalue weighted by atomic mass is 35.5. The summed E-state index contributed by atoms with van der Waals surface area (Å²) in [5.41, 5.74) is -0.240. The van der Waals surface area contributed by atoms with Crippen molar-refractivity contribution in [3.63, 3.8) is 0 Å². The van der Waals surface area contributed by atoms with E-state index in [1.807, 2.05) is 0 Å². The van der Waals surface area contributed by atoms with Gasteiger partial charge in [0.2, 0.25) is 0 Å². The number of aromatic hydroxyl groups is 1. The number of halogens is 3. The van der Waals surface area contributed by atoms with Crippen LogP contribution in [0.4, 0.5) is 10.1 Å². The molecule has 0 amide bonds. The lowest BCUT2D eigenvalue weighted by molar-refractivity contribution is 0.471. The largest absolute Gasteiger partial charge is 0.506 e. The molecule has 4 nitrogen and oxygen atoms in total. The van der Waals surface area contributed by atoms with E-state index >= 15 is 0 Å². The van der Waals surface area contributed by atoms with E-state index in [9.17, 15) is 17.9 Å². The lowest BCUT2D eigenvalue weighted by Crippen LogP contribution is -2.13. The van der Waals surface area contributed by atoms with Crippen molar-refractivity contribution in [1.82, 2.24) is 0 Å². The molecule has 8 heteroatoms. The van der Waals surface area contributed by atoms with Crippen molar-refractivity contribution in [1.29, 1.82) is 0 Å². The van der Waals surface area contributed by atoms with Crippen LogP contribution in [-0.2, 0) is 10.0 Å². The summed E-state index contributed by atoms with van der Waals surface area (Å²) >= 11 is 11.3. The second kappa shape index (κ2) is 5.47. The quantitative estimate of drug-likeness (QED) is 0.841. The molecule has 0 bridgehead atoms. The van der Waals surface area contributed by atoms with Crippen LogP contribution in [0.3, 0.4) is 0 Å². The zero-order chi connectivity index (χ0) is 14.9. The molecule has 2 aromatic carbocycles. The maximum absolute atomic E-state index is 13.1. The van der Waals surface area contributed by atoms with E-state index in [-0.39, 0.29) is 20.6 Å². The van der Waals surface area contributed by atoms with Gasteiger partial charge < -0.3 is 5.11 Å². The molecule has 0 saturated carbocycles. The molecule has 0 aliphatic rings. The number of rotatable bonds is 3. The number of hydrogen-bond donors (Lipinski definition) is 2. The summed E-state index contributed by atoms with van der Waals surface area (Å²) in [4.78, 5) is -0.165. The Balaban J connectivity index is 2.44.